The van der Waals surface area contributed by atoms with E-state index in [1.165, 1.54) is 5.57 Å². The number of allylic oxidation sites excluding steroid dienone is 1. The summed E-state index contributed by atoms with van der Waals surface area (Å²) in [6.45, 7) is 15.6. The van der Waals surface area contributed by atoms with Gasteiger partial charge in [0, 0.05) is 24.4 Å². The summed E-state index contributed by atoms with van der Waals surface area (Å²) in [5, 5.41) is 9.10. The maximum atomic E-state index is 13.5. The van der Waals surface area contributed by atoms with Crippen molar-refractivity contribution < 1.29 is 19.4 Å². The molecule has 0 amide bonds. The number of Topliss-reactive ketones (excluding diaryl/α,β-unsaturated/α-hetero) is 1. The summed E-state index contributed by atoms with van der Waals surface area (Å²) < 4.78 is 6.27. The molecule has 1 N–H and O–H groups in total. The highest BCUT2D eigenvalue weighted by molar-refractivity contribution is 5.88. The number of carboxylic acids is 1. The van der Waals surface area contributed by atoms with E-state index in [-0.39, 0.29) is 41.0 Å². The van der Waals surface area contributed by atoms with Crippen LogP contribution < -0.4 is 0 Å². The van der Waals surface area contributed by atoms with Gasteiger partial charge in [-0.1, -0.05) is 53.2 Å². The van der Waals surface area contributed by atoms with Crippen LogP contribution in [0.5, 0.6) is 0 Å². The highest BCUT2D eigenvalue weighted by Gasteiger charge is 2.61. The minimum Gasteiger partial charge on any atom is -0.481 e. The second kappa shape index (κ2) is 8.69. The highest BCUT2D eigenvalue weighted by Crippen LogP contribution is 2.61. The fraction of sp³-hybridized carbons (Fsp3) is 0.833. The molecule has 0 spiro atoms. The summed E-state index contributed by atoms with van der Waals surface area (Å²) in [5.41, 5.74) is 0.871. The first-order valence-corrected chi connectivity index (χ1v) is 11.0. The molecule has 0 aromatic heterocycles. The van der Waals surface area contributed by atoms with Gasteiger partial charge in [0.05, 0.1) is 0 Å². The Morgan fingerprint density at radius 1 is 1.32 bits per heavy atom. The molecule has 2 aliphatic rings. The molecule has 0 aromatic carbocycles. The van der Waals surface area contributed by atoms with E-state index in [2.05, 4.69) is 47.6 Å². The van der Waals surface area contributed by atoms with Crippen LogP contribution in [0.25, 0.3) is 0 Å². The van der Waals surface area contributed by atoms with Crippen molar-refractivity contribution >= 4 is 11.8 Å². The lowest BCUT2D eigenvalue weighted by molar-refractivity contribution is -0.175. The first-order chi connectivity index (χ1) is 12.9. The van der Waals surface area contributed by atoms with Crippen molar-refractivity contribution in [2.24, 2.45) is 34.5 Å². The molecule has 4 nitrogen and oxygen atoms in total. The van der Waals surface area contributed by atoms with E-state index in [9.17, 15) is 9.59 Å². The first kappa shape index (κ1) is 23.1. The predicted octanol–water partition coefficient (Wildman–Crippen LogP) is 5.51. The third-order valence-electron chi connectivity index (χ3n) is 7.79. The average Bonchev–Trinajstić information content (AvgIpc) is 2.59. The molecule has 160 valence electrons. The Labute approximate surface area is 171 Å². The third-order valence-corrected chi connectivity index (χ3v) is 7.79. The molecule has 6 atom stereocenters. The zero-order chi connectivity index (χ0) is 21.3. The van der Waals surface area contributed by atoms with Crippen molar-refractivity contribution in [3.8, 4) is 0 Å². The summed E-state index contributed by atoms with van der Waals surface area (Å²) in [5.74, 6) is 0.287. The maximum absolute atomic E-state index is 13.5. The van der Waals surface area contributed by atoms with Gasteiger partial charge in [-0.25, -0.2) is 0 Å². The van der Waals surface area contributed by atoms with Crippen molar-refractivity contribution in [3.63, 3.8) is 0 Å². The van der Waals surface area contributed by atoms with Crippen LogP contribution in [0.2, 0.25) is 0 Å². The molecule has 2 aliphatic carbocycles. The van der Waals surface area contributed by atoms with E-state index in [0.29, 0.717) is 18.4 Å². The summed E-state index contributed by atoms with van der Waals surface area (Å²) in [6.07, 6.45) is 5.95. The van der Waals surface area contributed by atoms with E-state index in [0.717, 1.165) is 25.7 Å². The van der Waals surface area contributed by atoms with Crippen LogP contribution in [-0.4, -0.2) is 29.6 Å². The Bertz CT molecular complexity index is 622. The minimum atomic E-state index is -0.742. The molecule has 0 heterocycles. The number of ether oxygens (including phenoxy) is 1. The topological polar surface area (TPSA) is 63.6 Å². The molecule has 28 heavy (non-hydrogen) atoms. The largest absolute Gasteiger partial charge is 0.481 e. The molecular formula is C24H40O4. The summed E-state index contributed by atoms with van der Waals surface area (Å²) in [6, 6.07) is 0. The molecule has 0 bridgehead atoms. The monoisotopic (exact) mass is 392 g/mol. The number of carboxylic acid groups (broad SMARTS) is 1. The van der Waals surface area contributed by atoms with E-state index < -0.39 is 5.97 Å². The number of fused-ring (bicyclic) bond motifs is 1. The molecule has 1 saturated carbocycles. The standard InChI is InChI=1S/C24H40O4/c1-15(2)14-28-22-21(27)18(5)23(6,12-11-16(3)13-20(25)26)19-10-8-9-17(4)24(19,22)7/h9,15-16,18-19,22H,8,10-14H2,1-7H3,(H,25,26)/t16-,18+,19+,22-,23-,24-/m0/s1. The maximum Gasteiger partial charge on any atom is 0.303 e. The second-order valence-electron chi connectivity index (χ2n) is 10.3. The SMILES string of the molecule is CC1=CCC[C@@H]2[C@@](C)(CC[C@H](C)CC(=O)O)[C@H](C)C(=O)[C@H](OCC(C)C)[C@@]12C. The van der Waals surface area contributed by atoms with Gasteiger partial charge in [-0.15, -0.1) is 0 Å². The van der Waals surface area contributed by atoms with E-state index in [1.807, 2.05) is 6.92 Å². The van der Waals surface area contributed by atoms with E-state index in [4.69, 9.17) is 9.84 Å². The molecule has 0 unspecified atom stereocenters. The Morgan fingerprint density at radius 2 is 1.96 bits per heavy atom. The van der Waals surface area contributed by atoms with E-state index >= 15 is 0 Å². The van der Waals surface area contributed by atoms with Gasteiger partial charge in [0.2, 0.25) is 0 Å². The molecular weight excluding hydrogens is 352 g/mol. The second-order valence-corrected chi connectivity index (χ2v) is 10.3. The van der Waals surface area contributed by atoms with Gasteiger partial charge in [0.15, 0.2) is 5.78 Å². The molecule has 2 rings (SSSR count). The van der Waals surface area contributed by atoms with Crippen LogP contribution in [0.1, 0.15) is 80.6 Å². The lowest BCUT2D eigenvalue weighted by Gasteiger charge is -2.60. The van der Waals surface area contributed by atoms with Gasteiger partial charge in [-0.05, 0) is 55.8 Å². The van der Waals surface area contributed by atoms with Crippen molar-refractivity contribution in [3.05, 3.63) is 11.6 Å². The Balaban J connectivity index is 2.35. The van der Waals surface area contributed by atoms with Crippen molar-refractivity contribution in [1.82, 2.24) is 0 Å². The van der Waals surface area contributed by atoms with Gasteiger partial charge in [-0.3, -0.25) is 9.59 Å². The van der Waals surface area contributed by atoms with Gasteiger partial charge in [-0.2, -0.15) is 0 Å². The predicted molar refractivity (Wildman–Crippen MR) is 112 cm³/mol. The van der Waals surface area contributed by atoms with Gasteiger partial charge in [0.1, 0.15) is 6.10 Å². The van der Waals surface area contributed by atoms with Crippen LogP contribution in [0.15, 0.2) is 11.6 Å². The fourth-order valence-electron chi connectivity index (χ4n) is 5.71. The Kier molecular flexibility index (Phi) is 7.17. The smallest absolute Gasteiger partial charge is 0.303 e. The number of hydrogen-bond donors (Lipinski definition) is 1. The number of aliphatic carboxylic acids is 1. The van der Waals surface area contributed by atoms with Crippen LogP contribution in [0.3, 0.4) is 0 Å². The molecule has 0 radical (unpaired) electrons. The lowest BCUT2D eigenvalue weighted by Crippen LogP contribution is -2.62. The van der Waals surface area contributed by atoms with Crippen LogP contribution in [0, 0.1) is 34.5 Å². The lowest BCUT2D eigenvalue weighted by atomic mass is 9.45. The van der Waals surface area contributed by atoms with Crippen LogP contribution >= 0.6 is 0 Å². The van der Waals surface area contributed by atoms with Crippen LogP contribution in [-0.2, 0) is 14.3 Å². The first-order valence-electron chi connectivity index (χ1n) is 11.0. The van der Waals surface area contributed by atoms with Gasteiger partial charge >= 0.3 is 5.97 Å². The molecule has 4 heteroatoms. The summed E-state index contributed by atoms with van der Waals surface area (Å²) >= 11 is 0. The van der Waals surface area contributed by atoms with Crippen molar-refractivity contribution in [2.75, 3.05) is 6.61 Å². The van der Waals surface area contributed by atoms with Gasteiger partial charge in [0.25, 0.3) is 0 Å². The van der Waals surface area contributed by atoms with Gasteiger partial charge < -0.3 is 9.84 Å². The Hall–Kier alpha value is -1.16. The highest BCUT2D eigenvalue weighted by atomic mass is 16.5. The van der Waals surface area contributed by atoms with Crippen LogP contribution in [0.4, 0.5) is 0 Å². The van der Waals surface area contributed by atoms with Crippen molar-refractivity contribution in [1.29, 1.82) is 0 Å². The average molecular weight is 393 g/mol. The molecule has 1 fully saturated rings. The summed E-state index contributed by atoms with van der Waals surface area (Å²) in [4.78, 5) is 24.6. The molecule has 0 aromatic rings. The number of rotatable bonds is 8. The number of carbonyl (C=O) groups excluding carboxylic acids is 1. The number of ketones is 1. The Morgan fingerprint density at radius 3 is 2.54 bits per heavy atom. The minimum absolute atomic E-state index is 0.0781. The number of carbonyl (C=O) groups is 2. The summed E-state index contributed by atoms with van der Waals surface area (Å²) in [7, 11) is 0. The zero-order valence-corrected chi connectivity index (χ0v) is 18.9. The quantitative estimate of drug-likeness (QED) is 0.554. The molecule has 0 aliphatic heterocycles. The fourth-order valence-corrected chi connectivity index (χ4v) is 5.71. The van der Waals surface area contributed by atoms with Crippen molar-refractivity contribution in [2.45, 2.75) is 86.7 Å². The normalized spacial score (nSPS) is 36.8. The third kappa shape index (κ3) is 4.22. The molecule has 0 saturated heterocycles. The van der Waals surface area contributed by atoms with E-state index in [1.54, 1.807) is 0 Å². The number of hydrogen-bond acceptors (Lipinski definition) is 3. The zero-order valence-electron chi connectivity index (χ0n) is 18.9.